The summed E-state index contributed by atoms with van der Waals surface area (Å²) in [4.78, 5) is 12.9. The number of tetrazole rings is 1. The van der Waals surface area contributed by atoms with Crippen molar-refractivity contribution in [3.63, 3.8) is 0 Å². The Morgan fingerprint density at radius 3 is 2.44 bits per heavy atom. The van der Waals surface area contributed by atoms with Crippen molar-refractivity contribution in [2.24, 2.45) is 0 Å². The van der Waals surface area contributed by atoms with Crippen LogP contribution in [0, 0.1) is 0 Å². The molecule has 0 aliphatic carbocycles. The highest BCUT2D eigenvalue weighted by molar-refractivity contribution is 8.00. The first-order chi connectivity index (χ1) is 16.4. The molecule has 1 N–H and O–H groups in total. The van der Waals surface area contributed by atoms with E-state index in [2.05, 4.69) is 20.8 Å². The van der Waals surface area contributed by atoms with E-state index >= 15 is 0 Å². The topological polar surface area (TPSA) is 129 Å². The molecule has 34 heavy (non-hydrogen) atoms. The van der Waals surface area contributed by atoms with Crippen LogP contribution in [0.4, 0.5) is 5.69 Å². The van der Waals surface area contributed by atoms with Crippen LogP contribution >= 0.6 is 11.8 Å². The first-order valence-corrected chi connectivity index (χ1v) is 12.8. The Hall–Kier alpha value is -3.00. The number of aromatic nitrogens is 4. The zero-order valence-electron chi connectivity index (χ0n) is 18.6. The second-order valence-corrected chi connectivity index (χ2v) is 10.6. The molecule has 4 rings (SSSR count). The molecule has 1 aliphatic heterocycles. The van der Waals surface area contributed by atoms with Crippen LogP contribution in [0.2, 0.25) is 0 Å². The molecular formula is C21H24N6O5S2. The lowest BCUT2D eigenvalue weighted by Crippen LogP contribution is -2.40. The molecule has 1 fully saturated rings. The molecule has 0 saturated carbocycles. The van der Waals surface area contributed by atoms with Gasteiger partial charge in [-0.1, -0.05) is 11.8 Å². The van der Waals surface area contributed by atoms with E-state index in [4.69, 9.17) is 9.47 Å². The van der Waals surface area contributed by atoms with Crippen molar-refractivity contribution < 1.29 is 22.7 Å². The Balaban J connectivity index is 1.39. The monoisotopic (exact) mass is 504 g/mol. The fourth-order valence-corrected chi connectivity index (χ4v) is 5.46. The molecule has 1 amide bonds. The lowest BCUT2D eigenvalue weighted by atomic mass is 10.3. The molecule has 0 bridgehead atoms. The van der Waals surface area contributed by atoms with Gasteiger partial charge in [-0.25, -0.2) is 8.42 Å². The van der Waals surface area contributed by atoms with E-state index < -0.39 is 15.3 Å². The minimum absolute atomic E-state index is 0.175. The van der Waals surface area contributed by atoms with Gasteiger partial charge < -0.3 is 14.8 Å². The standard InChI is InChI=1S/C21H24N6O5S2/c1-15(33-21-23-24-25-27(21)17-5-7-18(31-2)8-6-17)20(28)22-16-3-9-19(10-4-16)34(29,30)26-11-13-32-14-12-26/h3-10,15H,11-14H2,1-2H3,(H,22,28)/t15-/m0/s1. The van der Waals surface area contributed by atoms with Crippen LogP contribution in [0.1, 0.15) is 6.92 Å². The highest BCUT2D eigenvalue weighted by Crippen LogP contribution is 2.25. The molecular weight excluding hydrogens is 480 g/mol. The van der Waals surface area contributed by atoms with Crippen LogP contribution in [0.15, 0.2) is 58.6 Å². The second kappa shape index (κ2) is 10.5. The first-order valence-electron chi connectivity index (χ1n) is 10.5. The van der Waals surface area contributed by atoms with Gasteiger partial charge in [0.2, 0.25) is 21.1 Å². The summed E-state index contributed by atoms with van der Waals surface area (Å²) in [5, 5.41) is 14.5. The molecule has 11 nitrogen and oxygen atoms in total. The number of rotatable bonds is 8. The number of benzene rings is 2. The van der Waals surface area contributed by atoms with Crippen LogP contribution in [0.3, 0.4) is 0 Å². The van der Waals surface area contributed by atoms with E-state index in [1.807, 2.05) is 12.1 Å². The highest BCUT2D eigenvalue weighted by atomic mass is 32.2. The summed E-state index contributed by atoms with van der Waals surface area (Å²) >= 11 is 1.20. The predicted octanol–water partition coefficient (Wildman–Crippen LogP) is 1.81. The molecule has 0 radical (unpaired) electrons. The molecule has 2 aromatic carbocycles. The smallest absolute Gasteiger partial charge is 0.243 e. The lowest BCUT2D eigenvalue weighted by Gasteiger charge is -2.26. The van der Waals surface area contributed by atoms with Crippen molar-refractivity contribution in [3.05, 3.63) is 48.5 Å². The second-order valence-electron chi connectivity index (χ2n) is 7.36. The Bertz CT molecular complexity index is 1230. The van der Waals surface area contributed by atoms with E-state index in [1.165, 1.54) is 28.2 Å². The third kappa shape index (κ3) is 5.38. The number of methoxy groups -OCH3 is 1. The number of nitrogens with zero attached hydrogens (tertiary/aromatic N) is 5. The molecule has 180 valence electrons. The van der Waals surface area contributed by atoms with Gasteiger partial charge in [0.1, 0.15) is 5.75 Å². The van der Waals surface area contributed by atoms with Crippen molar-refractivity contribution in [2.75, 3.05) is 38.7 Å². The number of anilines is 1. The average molecular weight is 505 g/mol. The number of hydrogen-bond donors (Lipinski definition) is 1. The summed E-state index contributed by atoms with van der Waals surface area (Å²) in [7, 11) is -2.00. The van der Waals surface area contributed by atoms with Crippen molar-refractivity contribution in [3.8, 4) is 11.4 Å². The van der Waals surface area contributed by atoms with Crippen LogP contribution < -0.4 is 10.1 Å². The largest absolute Gasteiger partial charge is 0.497 e. The zero-order valence-corrected chi connectivity index (χ0v) is 20.3. The maximum Gasteiger partial charge on any atom is 0.243 e. The number of nitrogens with one attached hydrogen (secondary N) is 1. The Labute approximate surface area is 201 Å². The Kier molecular flexibility index (Phi) is 7.46. The quantitative estimate of drug-likeness (QED) is 0.457. The Morgan fingerprint density at radius 1 is 1.12 bits per heavy atom. The van der Waals surface area contributed by atoms with E-state index in [0.29, 0.717) is 42.9 Å². The van der Waals surface area contributed by atoms with Crippen LogP contribution in [0.25, 0.3) is 5.69 Å². The van der Waals surface area contributed by atoms with Crippen molar-refractivity contribution in [1.29, 1.82) is 0 Å². The fraction of sp³-hybridized carbons (Fsp3) is 0.333. The van der Waals surface area contributed by atoms with E-state index in [0.717, 1.165) is 5.69 Å². The summed E-state index contributed by atoms with van der Waals surface area (Å²) in [6.45, 7) is 3.15. The zero-order chi connectivity index (χ0) is 24.1. The van der Waals surface area contributed by atoms with E-state index in [9.17, 15) is 13.2 Å². The predicted molar refractivity (Wildman–Crippen MR) is 126 cm³/mol. The number of hydrogen-bond acceptors (Lipinski definition) is 9. The van der Waals surface area contributed by atoms with Crippen molar-refractivity contribution in [2.45, 2.75) is 22.2 Å². The van der Waals surface area contributed by atoms with E-state index in [-0.39, 0.29) is 10.8 Å². The van der Waals surface area contributed by atoms with Gasteiger partial charge in [0, 0.05) is 18.8 Å². The van der Waals surface area contributed by atoms with Gasteiger partial charge in [0.25, 0.3) is 0 Å². The molecule has 1 aromatic heterocycles. The number of ether oxygens (including phenoxy) is 2. The minimum Gasteiger partial charge on any atom is -0.497 e. The fourth-order valence-electron chi connectivity index (χ4n) is 3.24. The molecule has 2 heterocycles. The van der Waals surface area contributed by atoms with Gasteiger partial charge in [0.05, 0.1) is 36.2 Å². The number of carbonyl (C=O) groups is 1. The van der Waals surface area contributed by atoms with Crippen molar-refractivity contribution in [1.82, 2.24) is 24.5 Å². The molecule has 3 aromatic rings. The number of amides is 1. The highest BCUT2D eigenvalue weighted by Gasteiger charge is 2.26. The molecule has 1 saturated heterocycles. The Morgan fingerprint density at radius 2 is 1.79 bits per heavy atom. The lowest BCUT2D eigenvalue weighted by molar-refractivity contribution is -0.115. The molecule has 1 atom stereocenters. The minimum atomic E-state index is -3.59. The summed E-state index contributed by atoms with van der Waals surface area (Å²) in [5.41, 5.74) is 1.23. The van der Waals surface area contributed by atoms with Gasteiger partial charge >= 0.3 is 0 Å². The third-order valence-corrected chi connectivity index (χ3v) is 8.08. The van der Waals surface area contributed by atoms with Crippen LogP contribution in [-0.2, 0) is 19.6 Å². The first kappa shape index (κ1) is 24.1. The van der Waals surface area contributed by atoms with Crippen LogP contribution in [0.5, 0.6) is 5.75 Å². The van der Waals surface area contributed by atoms with E-state index in [1.54, 1.807) is 43.0 Å². The van der Waals surface area contributed by atoms with Gasteiger partial charge in [-0.3, -0.25) is 4.79 Å². The van der Waals surface area contributed by atoms with Gasteiger partial charge in [-0.15, -0.1) is 5.10 Å². The number of thioether (sulfide) groups is 1. The number of morpholine rings is 1. The maximum atomic E-state index is 12.7. The third-order valence-electron chi connectivity index (χ3n) is 5.14. The molecule has 13 heteroatoms. The summed E-state index contributed by atoms with van der Waals surface area (Å²) in [6, 6.07) is 13.3. The summed E-state index contributed by atoms with van der Waals surface area (Å²) in [6.07, 6.45) is 0. The molecule has 0 spiro atoms. The maximum absolute atomic E-state index is 12.7. The molecule has 1 aliphatic rings. The summed E-state index contributed by atoms with van der Waals surface area (Å²) < 4.78 is 38.8. The number of carbonyl (C=O) groups excluding carboxylic acids is 1. The summed E-state index contributed by atoms with van der Waals surface area (Å²) in [5.74, 6) is 0.445. The normalized spacial score (nSPS) is 15.6. The van der Waals surface area contributed by atoms with Gasteiger partial charge in [-0.05, 0) is 65.9 Å². The SMILES string of the molecule is COc1ccc(-n2nnnc2S[C@@H](C)C(=O)Nc2ccc(S(=O)(=O)N3CCOCC3)cc2)cc1. The van der Waals surface area contributed by atoms with Crippen molar-refractivity contribution >= 4 is 33.4 Å². The average Bonchev–Trinajstić information content (AvgIpc) is 3.33. The van der Waals surface area contributed by atoms with Crippen LogP contribution in [-0.4, -0.2) is 77.5 Å². The van der Waals surface area contributed by atoms with Gasteiger partial charge in [0.15, 0.2) is 0 Å². The number of sulfonamides is 1. The van der Waals surface area contributed by atoms with Gasteiger partial charge in [-0.2, -0.15) is 8.99 Å². The molecule has 0 unspecified atom stereocenters.